The number of aromatic nitrogens is 2. The normalized spacial score (nSPS) is 15.6. The minimum absolute atomic E-state index is 0.00540. The fourth-order valence-electron chi connectivity index (χ4n) is 4.00. The molecule has 0 bridgehead atoms. The van der Waals surface area contributed by atoms with Gasteiger partial charge in [-0.3, -0.25) is 19.5 Å². The van der Waals surface area contributed by atoms with Crippen LogP contribution >= 0.6 is 0 Å². The van der Waals surface area contributed by atoms with E-state index in [1.807, 2.05) is 18.2 Å². The minimum Gasteiger partial charge on any atom is -0.496 e. The molecule has 5 rings (SSSR count). The molecule has 0 aliphatic carbocycles. The number of oxazole rings is 1. The molecule has 10 nitrogen and oxygen atoms in total. The molecule has 2 amide bonds. The van der Waals surface area contributed by atoms with Gasteiger partial charge < -0.3 is 24.7 Å². The second-order valence-corrected chi connectivity index (χ2v) is 7.48. The van der Waals surface area contributed by atoms with E-state index in [0.717, 1.165) is 37.4 Å². The summed E-state index contributed by atoms with van der Waals surface area (Å²) in [4.78, 5) is 37.6. The molecular formula is C22H22N6O4. The lowest BCUT2D eigenvalue weighted by atomic mass is 10.1. The fourth-order valence-corrected chi connectivity index (χ4v) is 4.00. The summed E-state index contributed by atoms with van der Waals surface area (Å²) in [6.45, 7) is 3.71. The molecule has 32 heavy (non-hydrogen) atoms. The van der Waals surface area contributed by atoms with Crippen LogP contribution in [0.25, 0.3) is 0 Å². The third-order valence-corrected chi connectivity index (χ3v) is 5.57. The molecule has 2 aliphatic heterocycles. The third kappa shape index (κ3) is 3.54. The molecule has 2 aromatic heterocycles. The van der Waals surface area contributed by atoms with Crippen molar-refractivity contribution in [3.05, 3.63) is 59.7 Å². The highest BCUT2D eigenvalue weighted by Crippen LogP contribution is 2.34. The van der Waals surface area contributed by atoms with E-state index in [1.54, 1.807) is 18.5 Å². The molecule has 4 heterocycles. The highest BCUT2D eigenvalue weighted by molar-refractivity contribution is 6.11. The molecule has 1 saturated heterocycles. The van der Waals surface area contributed by atoms with Crippen LogP contribution in [0.4, 0.5) is 17.4 Å². The van der Waals surface area contributed by atoms with Crippen molar-refractivity contribution < 1.29 is 18.7 Å². The van der Waals surface area contributed by atoms with Gasteiger partial charge in [-0.2, -0.15) is 0 Å². The molecule has 0 unspecified atom stereocenters. The summed E-state index contributed by atoms with van der Waals surface area (Å²) < 4.78 is 11.0. The van der Waals surface area contributed by atoms with Gasteiger partial charge >= 0.3 is 6.01 Å². The van der Waals surface area contributed by atoms with E-state index in [4.69, 9.17) is 9.15 Å². The highest BCUT2D eigenvalue weighted by atomic mass is 16.5. The Bertz CT molecular complexity index is 1170. The maximum Gasteiger partial charge on any atom is 0.305 e. The van der Waals surface area contributed by atoms with E-state index in [-0.39, 0.29) is 17.7 Å². The number of amides is 2. The number of anilines is 3. The third-order valence-electron chi connectivity index (χ3n) is 5.57. The Hall–Kier alpha value is -3.92. The van der Waals surface area contributed by atoms with Gasteiger partial charge in [-0.25, -0.2) is 4.98 Å². The molecule has 0 spiro atoms. The van der Waals surface area contributed by atoms with Gasteiger partial charge in [-0.15, -0.1) is 0 Å². The summed E-state index contributed by atoms with van der Waals surface area (Å²) in [5, 5.41) is 6.16. The SMILES string of the molecule is COc1cccc2c1C(=O)N(c1ncc(C(=O)Nc3cnccc3N3CCNCC3)o1)C2. The molecule has 1 aromatic carbocycles. The quantitative estimate of drug-likeness (QED) is 0.626. The highest BCUT2D eigenvalue weighted by Gasteiger charge is 2.34. The summed E-state index contributed by atoms with van der Waals surface area (Å²) in [7, 11) is 1.52. The number of methoxy groups -OCH3 is 1. The summed E-state index contributed by atoms with van der Waals surface area (Å²) in [5.74, 6) is -0.239. The number of nitrogens with zero attached hydrogens (tertiary/aromatic N) is 4. The average molecular weight is 434 g/mol. The van der Waals surface area contributed by atoms with Crippen molar-refractivity contribution in [3.8, 4) is 5.75 Å². The largest absolute Gasteiger partial charge is 0.496 e. The first-order chi connectivity index (χ1) is 15.7. The van der Waals surface area contributed by atoms with E-state index in [1.165, 1.54) is 18.2 Å². The van der Waals surface area contributed by atoms with Gasteiger partial charge in [0.1, 0.15) is 5.75 Å². The first kappa shape index (κ1) is 20.0. The Morgan fingerprint density at radius 1 is 1.22 bits per heavy atom. The molecule has 1 fully saturated rings. The summed E-state index contributed by atoms with van der Waals surface area (Å²) >= 11 is 0. The van der Waals surface area contributed by atoms with E-state index in [2.05, 4.69) is 25.5 Å². The first-order valence-corrected chi connectivity index (χ1v) is 10.3. The van der Waals surface area contributed by atoms with Crippen LogP contribution in [-0.2, 0) is 6.54 Å². The topological polar surface area (TPSA) is 113 Å². The minimum atomic E-state index is -0.463. The molecule has 3 aromatic rings. The maximum atomic E-state index is 12.9. The predicted molar refractivity (Wildman–Crippen MR) is 117 cm³/mol. The van der Waals surface area contributed by atoms with Crippen LogP contribution in [0.3, 0.4) is 0 Å². The number of ether oxygens (including phenoxy) is 1. The Morgan fingerprint density at radius 3 is 2.88 bits per heavy atom. The van der Waals surface area contributed by atoms with Crippen LogP contribution in [0.5, 0.6) is 5.75 Å². The lowest BCUT2D eigenvalue weighted by molar-refractivity contribution is 0.0973. The van der Waals surface area contributed by atoms with Crippen molar-refractivity contribution >= 4 is 29.2 Å². The number of fused-ring (bicyclic) bond motifs is 1. The fraction of sp³-hybridized carbons (Fsp3) is 0.273. The second kappa shape index (κ2) is 8.31. The number of nitrogens with one attached hydrogen (secondary N) is 2. The smallest absolute Gasteiger partial charge is 0.305 e. The number of piperazine rings is 1. The van der Waals surface area contributed by atoms with Gasteiger partial charge in [0.2, 0.25) is 5.76 Å². The standard InChI is InChI=1S/C22H22N6O4/c1-31-17-4-2-3-14-13-28(21(30)19(14)17)22-25-12-18(32-22)20(29)26-15-11-24-6-5-16(15)27-9-7-23-8-10-27/h2-6,11-12,23H,7-10,13H2,1H3,(H,26,29). The van der Waals surface area contributed by atoms with Crippen LogP contribution in [0, 0.1) is 0 Å². The zero-order valence-electron chi connectivity index (χ0n) is 17.5. The van der Waals surface area contributed by atoms with Crippen LogP contribution in [0.1, 0.15) is 26.5 Å². The van der Waals surface area contributed by atoms with Crippen molar-refractivity contribution in [2.75, 3.05) is 48.4 Å². The zero-order valence-corrected chi connectivity index (χ0v) is 17.5. The van der Waals surface area contributed by atoms with Gasteiger partial charge in [0.15, 0.2) is 0 Å². The number of carbonyl (C=O) groups excluding carboxylic acids is 2. The van der Waals surface area contributed by atoms with E-state index in [9.17, 15) is 9.59 Å². The average Bonchev–Trinajstić information content (AvgIpc) is 3.45. The van der Waals surface area contributed by atoms with Gasteiger partial charge in [0.25, 0.3) is 11.8 Å². The number of benzene rings is 1. The van der Waals surface area contributed by atoms with Crippen molar-refractivity contribution in [3.63, 3.8) is 0 Å². The van der Waals surface area contributed by atoms with E-state index in [0.29, 0.717) is 23.5 Å². The molecule has 2 N–H and O–H groups in total. The summed E-state index contributed by atoms with van der Waals surface area (Å²) in [5.41, 5.74) is 2.78. The van der Waals surface area contributed by atoms with Crippen LogP contribution < -0.4 is 25.2 Å². The summed E-state index contributed by atoms with van der Waals surface area (Å²) in [6, 6.07) is 7.35. The van der Waals surface area contributed by atoms with Gasteiger partial charge in [0.05, 0.1) is 43.0 Å². The lowest BCUT2D eigenvalue weighted by Crippen LogP contribution is -2.43. The monoisotopic (exact) mass is 434 g/mol. The second-order valence-electron chi connectivity index (χ2n) is 7.48. The van der Waals surface area contributed by atoms with Crippen LogP contribution in [0.15, 0.2) is 47.3 Å². The molecular weight excluding hydrogens is 412 g/mol. The maximum absolute atomic E-state index is 12.9. The lowest BCUT2D eigenvalue weighted by Gasteiger charge is -2.30. The number of hydrogen-bond acceptors (Lipinski definition) is 8. The van der Waals surface area contributed by atoms with E-state index < -0.39 is 5.91 Å². The zero-order chi connectivity index (χ0) is 22.1. The van der Waals surface area contributed by atoms with Crippen molar-refractivity contribution in [1.82, 2.24) is 15.3 Å². The summed E-state index contributed by atoms with van der Waals surface area (Å²) in [6.07, 6.45) is 4.63. The Kier molecular flexibility index (Phi) is 5.20. The Morgan fingerprint density at radius 2 is 2.06 bits per heavy atom. The molecule has 0 atom stereocenters. The molecule has 0 saturated carbocycles. The Balaban J connectivity index is 1.34. The Labute approximate surface area is 184 Å². The molecule has 0 radical (unpaired) electrons. The number of carbonyl (C=O) groups is 2. The number of rotatable bonds is 5. The molecule has 10 heteroatoms. The number of hydrogen-bond donors (Lipinski definition) is 2. The first-order valence-electron chi connectivity index (χ1n) is 10.3. The van der Waals surface area contributed by atoms with Gasteiger partial charge in [-0.05, 0) is 17.7 Å². The van der Waals surface area contributed by atoms with E-state index >= 15 is 0 Å². The molecule has 2 aliphatic rings. The van der Waals surface area contributed by atoms with Crippen molar-refractivity contribution in [2.24, 2.45) is 0 Å². The van der Waals surface area contributed by atoms with Gasteiger partial charge in [0, 0.05) is 32.4 Å². The van der Waals surface area contributed by atoms with Crippen molar-refractivity contribution in [2.45, 2.75) is 6.54 Å². The van der Waals surface area contributed by atoms with Crippen LogP contribution in [-0.4, -0.2) is 55.1 Å². The van der Waals surface area contributed by atoms with Gasteiger partial charge in [-0.1, -0.05) is 12.1 Å². The van der Waals surface area contributed by atoms with Crippen molar-refractivity contribution in [1.29, 1.82) is 0 Å². The predicted octanol–water partition coefficient (Wildman–Crippen LogP) is 1.90. The number of pyridine rings is 1. The molecule has 164 valence electrons. The van der Waals surface area contributed by atoms with Crippen LogP contribution in [0.2, 0.25) is 0 Å².